The second-order valence-corrected chi connectivity index (χ2v) is 10.7. The highest BCUT2D eigenvalue weighted by atomic mass is 32.2. The van der Waals surface area contributed by atoms with E-state index in [1.54, 1.807) is 20.8 Å². The molecule has 1 rings (SSSR count). The normalized spacial score (nSPS) is 12.5. The predicted molar refractivity (Wildman–Crippen MR) is 105 cm³/mol. The molecule has 0 saturated heterocycles. The van der Waals surface area contributed by atoms with Crippen LogP contribution in [-0.2, 0) is 22.7 Å². The summed E-state index contributed by atoms with van der Waals surface area (Å²) in [4.78, 5) is 0. The lowest BCUT2D eigenvalue weighted by Crippen LogP contribution is -2.30. The zero-order valence-electron chi connectivity index (χ0n) is 16.1. The van der Waals surface area contributed by atoms with Crippen LogP contribution in [0, 0.1) is 0 Å². The zero-order valence-corrected chi connectivity index (χ0v) is 16.9. The summed E-state index contributed by atoms with van der Waals surface area (Å²) in [5.41, 5.74) is 2.87. The van der Waals surface area contributed by atoms with E-state index < -0.39 is 14.6 Å². The number of unbranched alkanes of at least 4 members (excludes halogenated alkanes) is 5. The van der Waals surface area contributed by atoms with E-state index in [1.807, 2.05) is 0 Å². The van der Waals surface area contributed by atoms with Gasteiger partial charge in [0.15, 0.2) is 9.84 Å². The van der Waals surface area contributed by atoms with Gasteiger partial charge in [0.05, 0.1) is 10.5 Å². The van der Waals surface area contributed by atoms with Crippen molar-refractivity contribution < 1.29 is 8.42 Å². The first-order valence-electron chi connectivity index (χ1n) is 9.56. The SMILES string of the molecule is CCCCc1ccc(CCCCCCCS(=O)(=O)C(C)(C)C)cc1. The maximum absolute atomic E-state index is 12.0. The molecule has 2 nitrogen and oxygen atoms in total. The summed E-state index contributed by atoms with van der Waals surface area (Å²) in [5.74, 6) is 0.329. The maximum atomic E-state index is 12.0. The van der Waals surface area contributed by atoms with Crippen LogP contribution in [0.3, 0.4) is 0 Å². The smallest absolute Gasteiger partial charge is 0.155 e. The minimum absolute atomic E-state index is 0.329. The molecule has 0 atom stereocenters. The Kier molecular flexibility index (Phi) is 9.04. The van der Waals surface area contributed by atoms with E-state index >= 15 is 0 Å². The molecule has 0 unspecified atom stereocenters. The topological polar surface area (TPSA) is 34.1 Å². The monoisotopic (exact) mass is 352 g/mol. The molecule has 0 aliphatic heterocycles. The molecule has 0 amide bonds. The molecule has 0 spiro atoms. The van der Waals surface area contributed by atoms with Gasteiger partial charge in [-0.1, -0.05) is 56.9 Å². The van der Waals surface area contributed by atoms with Crippen LogP contribution < -0.4 is 0 Å². The van der Waals surface area contributed by atoms with Crippen LogP contribution in [0.2, 0.25) is 0 Å². The Morgan fingerprint density at radius 2 is 1.21 bits per heavy atom. The lowest BCUT2D eigenvalue weighted by Gasteiger charge is -2.18. The largest absolute Gasteiger partial charge is 0.228 e. The van der Waals surface area contributed by atoms with Crippen molar-refractivity contribution in [2.45, 2.75) is 90.2 Å². The summed E-state index contributed by atoms with van der Waals surface area (Å²) in [6.45, 7) is 7.59. The van der Waals surface area contributed by atoms with Crippen molar-refractivity contribution in [1.82, 2.24) is 0 Å². The molecule has 0 aliphatic carbocycles. The van der Waals surface area contributed by atoms with E-state index in [2.05, 4.69) is 31.2 Å². The third-order valence-corrected chi connectivity index (χ3v) is 7.35. The maximum Gasteiger partial charge on any atom is 0.155 e. The highest BCUT2D eigenvalue weighted by molar-refractivity contribution is 7.92. The molecular weight excluding hydrogens is 316 g/mol. The number of rotatable bonds is 11. The Labute approximate surface area is 150 Å². The zero-order chi connectivity index (χ0) is 18.1. The van der Waals surface area contributed by atoms with E-state index in [1.165, 1.54) is 43.2 Å². The Hall–Kier alpha value is -0.830. The molecule has 0 heterocycles. The number of hydrogen-bond acceptors (Lipinski definition) is 2. The minimum atomic E-state index is -2.94. The Morgan fingerprint density at radius 3 is 1.71 bits per heavy atom. The molecule has 0 radical (unpaired) electrons. The van der Waals surface area contributed by atoms with E-state index in [-0.39, 0.29) is 0 Å². The van der Waals surface area contributed by atoms with Crippen molar-refractivity contribution in [2.24, 2.45) is 0 Å². The lowest BCUT2D eigenvalue weighted by molar-refractivity contribution is 0.552. The number of benzene rings is 1. The van der Waals surface area contributed by atoms with Gasteiger partial charge < -0.3 is 0 Å². The second kappa shape index (κ2) is 10.2. The first kappa shape index (κ1) is 21.2. The average molecular weight is 353 g/mol. The van der Waals surface area contributed by atoms with Gasteiger partial charge in [0.25, 0.3) is 0 Å². The Balaban J connectivity index is 2.14. The molecule has 0 aliphatic rings. The lowest BCUT2D eigenvalue weighted by atomic mass is 10.0. The molecule has 138 valence electrons. The molecule has 0 bridgehead atoms. The fourth-order valence-electron chi connectivity index (χ4n) is 2.71. The van der Waals surface area contributed by atoms with E-state index in [9.17, 15) is 8.42 Å². The fraction of sp³-hybridized carbons (Fsp3) is 0.714. The van der Waals surface area contributed by atoms with Crippen LogP contribution >= 0.6 is 0 Å². The number of hydrogen-bond donors (Lipinski definition) is 0. The van der Waals surface area contributed by atoms with Crippen molar-refractivity contribution in [3.8, 4) is 0 Å². The van der Waals surface area contributed by atoms with Crippen LogP contribution in [-0.4, -0.2) is 18.9 Å². The molecule has 3 heteroatoms. The van der Waals surface area contributed by atoms with Crippen LogP contribution in [0.15, 0.2) is 24.3 Å². The summed E-state index contributed by atoms with van der Waals surface area (Å²) in [6, 6.07) is 9.06. The highest BCUT2D eigenvalue weighted by Gasteiger charge is 2.27. The number of sulfone groups is 1. The summed E-state index contributed by atoms with van der Waals surface area (Å²) >= 11 is 0. The van der Waals surface area contributed by atoms with E-state index in [0.29, 0.717) is 5.75 Å². The van der Waals surface area contributed by atoms with Crippen LogP contribution in [0.25, 0.3) is 0 Å². The summed E-state index contributed by atoms with van der Waals surface area (Å²) in [6.07, 6.45) is 10.2. The first-order valence-corrected chi connectivity index (χ1v) is 11.2. The number of aryl methyl sites for hydroxylation is 2. The van der Waals surface area contributed by atoms with Gasteiger partial charge in [0.2, 0.25) is 0 Å². The van der Waals surface area contributed by atoms with Gasteiger partial charge in [-0.25, -0.2) is 8.42 Å². The van der Waals surface area contributed by atoms with Gasteiger partial charge in [-0.3, -0.25) is 0 Å². The van der Waals surface area contributed by atoms with E-state index in [4.69, 9.17) is 0 Å². The molecule has 0 N–H and O–H groups in total. The van der Waals surface area contributed by atoms with Crippen LogP contribution in [0.1, 0.15) is 83.8 Å². The molecule has 0 aromatic heterocycles. The van der Waals surface area contributed by atoms with Gasteiger partial charge in [-0.05, 0) is 64.0 Å². The first-order chi connectivity index (χ1) is 11.3. The molecule has 24 heavy (non-hydrogen) atoms. The van der Waals surface area contributed by atoms with Crippen molar-refractivity contribution in [2.75, 3.05) is 5.75 Å². The van der Waals surface area contributed by atoms with Gasteiger partial charge >= 0.3 is 0 Å². The van der Waals surface area contributed by atoms with Crippen molar-refractivity contribution in [1.29, 1.82) is 0 Å². The Bertz CT molecular complexity index is 550. The summed E-state index contributed by atoms with van der Waals surface area (Å²) in [5, 5.41) is 0. The molecule has 0 saturated carbocycles. The van der Waals surface area contributed by atoms with Crippen molar-refractivity contribution >= 4 is 9.84 Å². The minimum Gasteiger partial charge on any atom is -0.228 e. The molecule has 1 aromatic rings. The quantitative estimate of drug-likeness (QED) is 0.476. The third-order valence-electron chi connectivity index (χ3n) is 4.65. The molecule has 0 fully saturated rings. The van der Waals surface area contributed by atoms with E-state index in [0.717, 1.165) is 25.7 Å². The van der Waals surface area contributed by atoms with Crippen molar-refractivity contribution in [3.05, 3.63) is 35.4 Å². The summed E-state index contributed by atoms with van der Waals surface area (Å²) in [7, 11) is -2.94. The van der Waals surface area contributed by atoms with Crippen LogP contribution in [0.4, 0.5) is 0 Å². The van der Waals surface area contributed by atoms with Gasteiger partial charge in [0, 0.05) is 0 Å². The predicted octanol–water partition coefficient (Wildman–Crippen LogP) is 5.74. The molecule has 1 aromatic carbocycles. The fourth-order valence-corrected chi connectivity index (χ4v) is 3.91. The average Bonchev–Trinajstić information content (AvgIpc) is 2.52. The van der Waals surface area contributed by atoms with Gasteiger partial charge in [-0.15, -0.1) is 0 Å². The van der Waals surface area contributed by atoms with Crippen molar-refractivity contribution in [3.63, 3.8) is 0 Å². The van der Waals surface area contributed by atoms with Crippen LogP contribution in [0.5, 0.6) is 0 Å². The standard InChI is InChI=1S/C21H36O2S/c1-5-6-12-19-14-16-20(17-15-19)13-10-8-7-9-11-18-24(22,23)21(2,3)4/h14-17H,5-13,18H2,1-4H3. The highest BCUT2D eigenvalue weighted by Crippen LogP contribution is 2.18. The van der Waals surface area contributed by atoms with Gasteiger partial charge in [0.1, 0.15) is 0 Å². The Morgan fingerprint density at radius 1 is 0.750 bits per heavy atom. The van der Waals surface area contributed by atoms with Gasteiger partial charge in [-0.2, -0.15) is 0 Å². The third kappa shape index (κ3) is 7.83. The second-order valence-electron chi connectivity index (χ2n) is 7.87. The summed E-state index contributed by atoms with van der Waals surface area (Å²) < 4.78 is 23.4. The molecular formula is C21H36O2S.